The van der Waals surface area contributed by atoms with Gasteiger partial charge in [0.05, 0.1) is 19.1 Å². The summed E-state index contributed by atoms with van der Waals surface area (Å²) in [5.41, 5.74) is 0. The Morgan fingerprint density at radius 2 is 1.92 bits per heavy atom. The van der Waals surface area contributed by atoms with Gasteiger partial charge in [0, 0.05) is 19.0 Å². The zero-order valence-corrected chi connectivity index (χ0v) is 14.9. The number of carboxylic acids is 1. The maximum Gasteiger partial charge on any atom is 0.308 e. The number of likely N-dealkylation sites (tertiary alicyclic amines) is 1. The van der Waals surface area contributed by atoms with E-state index in [1.807, 2.05) is 38.1 Å². The maximum atomic E-state index is 12.4. The lowest BCUT2D eigenvalue weighted by atomic mass is 9.90. The number of para-hydroxylation sites is 2. The van der Waals surface area contributed by atoms with Gasteiger partial charge in [-0.25, -0.2) is 0 Å². The van der Waals surface area contributed by atoms with Gasteiger partial charge in [0.25, 0.3) is 0 Å². The van der Waals surface area contributed by atoms with E-state index in [0.717, 1.165) is 6.42 Å². The lowest BCUT2D eigenvalue weighted by Crippen LogP contribution is -2.49. The third-order valence-electron chi connectivity index (χ3n) is 4.57. The Bertz CT molecular complexity index is 589. The van der Waals surface area contributed by atoms with Crippen molar-refractivity contribution in [3.63, 3.8) is 0 Å². The minimum Gasteiger partial charge on any atom is -0.490 e. The van der Waals surface area contributed by atoms with Crippen LogP contribution in [0.25, 0.3) is 0 Å². The number of piperidine rings is 1. The van der Waals surface area contributed by atoms with Crippen LogP contribution < -0.4 is 9.47 Å². The summed E-state index contributed by atoms with van der Waals surface area (Å²) in [6.45, 7) is 5.36. The Labute approximate surface area is 148 Å². The largest absolute Gasteiger partial charge is 0.490 e. The second-order valence-corrected chi connectivity index (χ2v) is 6.25. The SMILES string of the molecule is CCOc1ccccc1OCCCC(=O)N1CCC[C@H](C(=O)O)[C@@H]1C. The van der Waals surface area contributed by atoms with Crippen molar-refractivity contribution >= 4 is 11.9 Å². The van der Waals surface area contributed by atoms with Crippen LogP contribution in [0, 0.1) is 5.92 Å². The monoisotopic (exact) mass is 349 g/mol. The van der Waals surface area contributed by atoms with Gasteiger partial charge in [-0.15, -0.1) is 0 Å². The molecule has 0 aromatic heterocycles. The van der Waals surface area contributed by atoms with Gasteiger partial charge >= 0.3 is 5.97 Å². The highest BCUT2D eigenvalue weighted by Crippen LogP contribution is 2.27. The molecule has 1 saturated heterocycles. The summed E-state index contributed by atoms with van der Waals surface area (Å²) in [4.78, 5) is 25.4. The summed E-state index contributed by atoms with van der Waals surface area (Å²) in [6.07, 6.45) is 2.32. The van der Waals surface area contributed by atoms with Crippen LogP contribution in [0.15, 0.2) is 24.3 Å². The molecule has 0 unspecified atom stereocenters. The number of carbonyl (C=O) groups is 2. The van der Waals surface area contributed by atoms with Gasteiger partial charge in [-0.2, -0.15) is 0 Å². The van der Waals surface area contributed by atoms with E-state index in [9.17, 15) is 14.7 Å². The standard InChI is InChI=1S/C19H27NO5/c1-3-24-16-9-4-5-10-17(16)25-13-7-11-18(21)20-12-6-8-15(14(20)2)19(22)23/h4-5,9-10,14-15H,3,6-8,11-13H2,1-2H3,(H,22,23)/t14-,15-/m0/s1. The molecule has 1 N–H and O–H groups in total. The highest BCUT2D eigenvalue weighted by Gasteiger charge is 2.34. The molecular weight excluding hydrogens is 322 g/mol. The van der Waals surface area contributed by atoms with Crippen molar-refractivity contribution < 1.29 is 24.2 Å². The van der Waals surface area contributed by atoms with E-state index in [1.54, 1.807) is 4.90 Å². The van der Waals surface area contributed by atoms with E-state index in [1.165, 1.54) is 0 Å². The molecule has 1 heterocycles. The zero-order valence-electron chi connectivity index (χ0n) is 14.9. The smallest absolute Gasteiger partial charge is 0.308 e. The molecule has 138 valence electrons. The quantitative estimate of drug-likeness (QED) is 0.730. The lowest BCUT2D eigenvalue weighted by molar-refractivity contribution is -0.149. The van der Waals surface area contributed by atoms with Crippen LogP contribution in [0.4, 0.5) is 0 Å². The minimum atomic E-state index is -0.819. The molecule has 6 heteroatoms. The minimum absolute atomic E-state index is 0.000133. The van der Waals surface area contributed by atoms with E-state index in [2.05, 4.69) is 0 Å². The van der Waals surface area contributed by atoms with Gasteiger partial charge in [0.1, 0.15) is 0 Å². The first-order valence-corrected chi connectivity index (χ1v) is 8.91. The van der Waals surface area contributed by atoms with Crippen molar-refractivity contribution in [1.82, 2.24) is 4.90 Å². The topological polar surface area (TPSA) is 76.1 Å². The second-order valence-electron chi connectivity index (χ2n) is 6.25. The molecule has 0 radical (unpaired) electrons. The average molecular weight is 349 g/mol. The van der Waals surface area contributed by atoms with Crippen molar-refractivity contribution in [3.05, 3.63) is 24.3 Å². The number of carboxylic acid groups (broad SMARTS) is 1. The van der Waals surface area contributed by atoms with Gasteiger partial charge < -0.3 is 19.5 Å². The summed E-state index contributed by atoms with van der Waals surface area (Å²) in [6, 6.07) is 7.21. The Kier molecular flexibility index (Phi) is 7.10. The van der Waals surface area contributed by atoms with Crippen molar-refractivity contribution in [3.8, 4) is 11.5 Å². The molecule has 1 fully saturated rings. The summed E-state index contributed by atoms with van der Waals surface area (Å²) >= 11 is 0. The second kappa shape index (κ2) is 9.30. The third-order valence-corrected chi connectivity index (χ3v) is 4.57. The van der Waals surface area contributed by atoms with E-state index in [0.29, 0.717) is 50.5 Å². The highest BCUT2D eigenvalue weighted by atomic mass is 16.5. The number of hydrogen-bond donors (Lipinski definition) is 1. The molecular formula is C19H27NO5. The van der Waals surface area contributed by atoms with Crippen LogP contribution >= 0.6 is 0 Å². The van der Waals surface area contributed by atoms with Crippen molar-refractivity contribution in [1.29, 1.82) is 0 Å². The van der Waals surface area contributed by atoms with Crippen LogP contribution in [-0.2, 0) is 9.59 Å². The predicted octanol–water partition coefficient (Wildman–Crippen LogP) is 2.96. The number of aliphatic carboxylic acids is 1. The zero-order chi connectivity index (χ0) is 18.2. The Morgan fingerprint density at radius 1 is 1.24 bits per heavy atom. The summed E-state index contributed by atoms with van der Waals surface area (Å²) in [5.74, 6) is 0.0902. The molecule has 1 aromatic carbocycles. The van der Waals surface area contributed by atoms with Crippen molar-refractivity contribution in [2.75, 3.05) is 19.8 Å². The number of amides is 1. The Balaban J connectivity index is 1.80. The van der Waals surface area contributed by atoms with Gasteiger partial charge in [-0.1, -0.05) is 12.1 Å². The molecule has 2 atom stereocenters. The molecule has 2 rings (SSSR count). The molecule has 0 saturated carbocycles. The molecule has 0 bridgehead atoms. The molecule has 1 amide bonds. The highest BCUT2D eigenvalue weighted by molar-refractivity contribution is 5.78. The summed E-state index contributed by atoms with van der Waals surface area (Å²) in [5, 5.41) is 9.25. The number of benzene rings is 1. The van der Waals surface area contributed by atoms with Crippen LogP contribution in [0.5, 0.6) is 11.5 Å². The number of ether oxygens (including phenoxy) is 2. The molecule has 0 aliphatic carbocycles. The van der Waals surface area contributed by atoms with Crippen LogP contribution in [0.3, 0.4) is 0 Å². The number of hydrogen-bond acceptors (Lipinski definition) is 4. The Morgan fingerprint density at radius 3 is 2.56 bits per heavy atom. The fourth-order valence-corrected chi connectivity index (χ4v) is 3.22. The van der Waals surface area contributed by atoms with Gasteiger partial charge in [-0.05, 0) is 45.2 Å². The number of carbonyl (C=O) groups excluding carboxylic acids is 1. The van der Waals surface area contributed by atoms with Gasteiger partial charge in [-0.3, -0.25) is 9.59 Å². The van der Waals surface area contributed by atoms with E-state index in [4.69, 9.17) is 9.47 Å². The molecule has 0 spiro atoms. The lowest BCUT2D eigenvalue weighted by Gasteiger charge is -2.37. The molecule has 1 aliphatic rings. The van der Waals surface area contributed by atoms with Gasteiger partial charge in [0.15, 0.2) is 11.5 Å². The van der Waals surface area contributed by atoms with E-state index >= 15 is 0 Å². The summed E-state index contributed by atoms with van der Waals surface area (Å²) in [7, 11) is 0. The number of nitrogens with zero attached hydrogens (tertiary/aromatic N) is 1. The first-order valence-electron chi connectivity index (χ1n) is 8.91. The summed E-state index contributed by atoms with van der Waals surface area (Å²) < 4.78 is 11.2. The first-order chi connectivity index (χ1) is 12.0. The van der Waals surface area contributed by atoms with Gasteiger partial charge in [0.2, 0.25) is 5.91 Å². The van der Waals surface area contributed by atoms with Crippen LogP contribution in [-0.4, -0.2) is 47.7 Å². The Hall–Kier alpha value is -2.24. The molecule has 1 aliphatic heterocycles. The first kappa shape index (κ1) is 19.1. The third kappa shape index (κ3) is 5.11. The fraction of sp³-hybridized carbons (Fsp3) is 0.579. The van der Waals surface area contributed by atoms with Crippen LogP contribution in [0.2, 0.25) is 0 Å². The van der Waals surface area contributed by atoms with Crippen LogP contribution in [0.1, 0.15) is 39.5 Å². The average Bonchev–Trinajstić information content (AvgIpc) is 2.60. The maximum absolute atomic E-state index is 12.4. The predicted molar refractivity (Wildman–Crippen MR) is 93.9 cm³/mol. The number of rotatable bonds is 8. The molecule has 1 aromatic rings. The molecule has 25 heavy (non-hydrogen) atoms. The molecule has 6 nitrogen and oxygen atoms in total. The normalized spacial score (nSPS) is 20.2. The van der Waals surface area contributed by atoms with Crippen molar-refractivity contribution in [2.45, 2.75) is 45.6 Å². The fourth-order valence-electron chi connectivity index (χ4n) is 3.22. The van der Waals surface area contributed by atoms with E-state index < -0.39 is 11.9 Å². The van der Waals surface area contributed by atoms with Crippen molar-refractivity contribution in [2.24, 2.45) is 5.92 Å². The van der Waals surface area contributed by atoms with E-state index in [-0.39, 0.29) is 11.9 Å².